The van der Waals surface area contributed by atoms with E-state index in [2.05, 4.69) is 17.1 Å². The van der Waals surface area contributed by atoms with Gasteiger partial charge in [0.05, 0.1) is 5.56 Å². The van der Waals surface area contributed by atoms with E-state index in [4.69, 9.17) is 0 Å². The zero-order valence-electron chi connectivity index (χ0n) is 8.47. The number of hydrogen-bond acceptors (Lipinski definition) is 3. The minimum Gasteiger partial charge on any atom is -0.298 e. The van der Waals surface area contributed by atoms with E-state index in [1.165, 1.54) is 11.3 Å². The second kappa shape index (κ2) is 2.89. The lowest BCUT2D eigenvalue weighted by Crippen LogP contribution is -1.99. The van der Waals surface area contributed by atoms with Crippen molar-refractivity contribution in [2.45, 2.75) is 25.7 Å². The fourth-order valence-corrected chi connectivity index (χ4v) is 2.37. The van der Waals surface area contributed by atoms with Gasteiger partial charge in [-0.25, -0.2) is 0 Å². The van der Waals surface area contributed by atoms with Crippen LogP contribution in [0.25, 0.3) is 5.65 Å². The fraction of sp³-hybridized carbons (Fsp3) is 0.364. The molecule has 0 aromatic carbocycles. The SMILES string of the molecule is C[C@H]1CCc2c1cc(C=O)c1nncn21. The molecule has 1 aliphatic rings. The lowest BCUT2D eigenvalue weighted by Gasteiger charge is -2.07. The molecule has 3 rings (SSSR count). The zero-order valence-corrected chi connectivity index (χ0v) is 8.47. The number of hydrogen-bond donors (Lipinski definition) is 0. The molecule has 0 radical (unpaired) electrons. The molecular weight excluding hydrogens is 190 g/mol. The lowest BCUT2D eigenvalue weighted by molar-refractivity contribution is 0.112. The number of aldehydes is 1. The highest BCUT2D eigenvalue weighted by atomic mass is 16.1. The van der Waals surface area contributed by atoms with Gasteiger partial charge in [0.25, 0.3) is 0 Å². The van der Waals surface area contributed by atoms with Gasteiger partial charge in [0.1, 0.15) is 6.33 Å². The molecule has 0 unspecified atom stereocenters. The van der Waals surface area contributed by atoms with E-state index in [1.54, 1.807) is 6.33 Å². The van der Waals surface area contributed by atoms with Crippen LogP contribution in [-0.4, -0.2) is 20.9 Å². The van der Waals surface area contributed by atoms with Gasteiger partial charge in [0, 0.05) is 5.69 Å². The summed E-state index contributed by atoms with van der Waals surface area (Å²) in [5.74, 6) is 0.533. The summed E-state index contributed by atoms with van der Waals surface area (Å²) in [5, 5.41) is 7.84. The van der Waals surface area contributed by atoms with Gasteiger partial charge >= 0.3 is 0 Å². The Morgan fingerprint density at radius 1 is 1.60 bits per heavy atom. The largest absolute Gasteiger partial charge is 0.298 e. The van der Waals surface area contributed by atoms with Gasteiger partial charge in [-0.05, 0) is 30.4 Å². The maximum atomic E-state index is 10.9. The van der Waals surface area contributed by atoms with Crippen LogP contribution in [-0.2, 0) is 6.42 Å². The molecule has 0 N–H and O–H groups in total. The molecule has 0 fully saturated rings. The van der Waals surface area contributed by atoms with E-state index in [-0.39, 0.29) is 0 Å². The molecule has 0 bridgehead atoms. The van der Waals surface area contributed by atoms with Crippen LogP contribution < -0.4 is 0 Å². The molecule has 76 valence electrons. The minimum atomic E-state index is 0.533. The third-order valence-corrected chi connectivity index (χ3v) is 3.21. The van der Waals surface area contributed by atoms with Crippen LogP contribution in [0.2, 0.25) is 0 Å². The number of nitrogens with zero attached hydrogens (tertiary/aromatic N) is 3. The molecule has 2 heterocycles. The molecule has 0 amide bonds. The average Bonchev–Trinajstić information content (AvgIpc) is 2.83. The first-order valence-electron chi connectivity index (χ1n) is 5.12. The van der Waals surface area contributed by atoms with Crippen molar-refractivity contribution in [3.63, 3.8) is 0 Å². The summed E-state index contributed by atoms with van der Waals surface area (Å²) in [6, 6.07) is 1.96. The normalized spacial score (nSPS) is 19.4. The lowest BCUT2D eigenvalue weighted by atomic mass is 10.0. The molecule has 0 spiro atoms. The first-order valence-corrected chi connectivity index (χ1v) is 5.12. The summed E-state index contributed by atoms with van der Waals surface area (Å²) < 4.78 is 1.95. The Labute approximate surface area is 86.9 Å². The first kappa shape index (κ1) is 8.59. The van der Waals surface area contributed by atoms with Gasteiger partial charge in [-0.1, -0.05) is 6.92 Å². The number of carbonyl (C=O) groups excluding carboxylic acids is 1. The van der Waals surface area contributed by atoms with Crippen LogP contribution >= 0.6 is 0 Å². The number of aromatic nitrogens is 3. The monoisotopic (exact) mass is 201 g/mol. The van der Waals surface area contributed by atoms with Crippen molar-refractivity contribution in [3.05, 3.63) is 29.2 Å². The van der Waals surface area contributed by atoms with E-state index in [0.717, 1.165) is 19.1 Å². The Kier molecular flexibility index (Phi) is 1.65. The zero-order chi connectivity index (χ0) is 10.4. The number of aryl methyl sites for hydroxylation is 1. The second-order valence-electron chi connectivity index (χ2n) is 4.08. The third kappa shape index (κ3) is 1.04. The van der Waals surface area contributed by atoms with E-state index >= 15 is 0 Å². The summed E-state index contributed by atoms with van der Waals surface area (Å²) in [4.78, 5) is 10.9. The number of pyridine rings is 1. The van der Waals surface area contributed by atoms with Crippen molar-refractivity contribution >= 4 is 11.9 Å². The second-order valence-corrected chi connectivity index (χ2v) is 4.08. The number of carbonyl (C=O) groups is 1. The van der Waals surface area contributed by atoms with Gasteiger partial charge in [-0.2, -0.15) is 0 Å². The van der Waals surface area contributed by atoms with E-state index in [9.17, 15) is 4.79 Å². The van der Waals surface area contributed by atoms with E-state index in [0.29, 0.717) is 17.1 Å². The van der Waals surface area contributed by atoms with Crippen LogP contribution in [0.5, 0.6) is 0 Å². The van der Waals surface area contributed by atoms with Gasteiger partial charge in [-0.15, -0.1) is 10.2 Å². The molecule has 4 nitrogen and oxygen atoms in total. The minimum absolute atomic E-state index is 0.533. The van der Waals surface area contributed by atoms with Crippen LogP contribution in [0.4, 0.5) is 0 Å². The summed E-state index contributed by atoms with van der Waals surface area (Å²) in [6.07, 6.45) is 4.74. The highest BCUT2D eigenvalue weighted by molar-refractivity contribution is 5.84. The van der Waals surface area contributed by atoms with Crippen LogP contribution in [0.3, 0.4) is 0 Å². The number of rotatable bonds is 1. The summed E-state index contributed by atoms with van der Waals surface area (Å²) >= 11 is 0. The Balaban J connectivity index is 2.43. The molecule has 2 aromatic rings. The van der Waals surface area contributed by atoms with Crippen molar-refractivity contribution < 1.29 is 4.79 Å². The third-order valence-electron chi connectivity index (χ3n) is 3.21. The number of fused-ring (bicyclic) bond motifs is 3. The van der Waals surface area contributed by atoms with Crippen molar-refractivity contribution in [2.75, 3.05) is 0 Å². The predicted molar refractivity (Wildman–Crippen MR) is 55.1 cm³/mol. The molecule has 0 saturated heterocycles. The van der Waals surface area contributed by atoms with E-state index in [1.807, 2.05) is 10.5 Å². The van der Waals surface area contributed by atoms with Crippen molar-refractivity contribution in [3.8, 4) is 0 Å². The molecule has 0 saturated carbocycles. The molecule has 1 atom stereocenters. The van der Waals surface area contributed by atoms with Gasteiger partial charge in [0.2, 0.25) is 0 Å². The van der Waals surface area contributed by atoms with Crippen molar-refractivity contribution in [1.82, 2.24) is 14.6 Å². The summed E-state index contributed by atoms with van der Waals surface area (Å²) in [6.45, 7) is 2.19. The maximum Gasteiger partial charge on any atom is 0.171 e. The Morgan fingerprint density at radius 3 is 3.27 bits per heavy atom. The molecule has 1 aliphatic carbocycles. The van der Waals surface area contributed by atoms with Gasteiger partial charge in [0.15, 0.2) is 11.9 Å². The highest BCUT2D eigenvalue weighted by Crippen LogP contribution is 2.33. The molecule has 0 aliphatic heterocycles. The van der Waals surface area contributed by atoms with Crippen molar-refractivity contribution in [2.24, 2.45) is 0 Å². The Morgan fingerprint density at radius 2 is 2.47 bits per heavy atom. The van der Waals surface area contributed by atoms with Gasteiger partial charge < -0.3 is 0 Å². The topological polar surface area (TPSA) is 47.3 Å². The molecular formula is C11H11N3O. The highest BCUT2D eigenvalue weighted by Gasteiger charge is 2.23. The quantitative estimate of drug-likeness (QED) is 0.658. The van der Waals surface area contributed by atoms with Gasteiger partial charge in [-0.3, -0.25) is 9.20 Å². The van der Waals surface area contributed by atoms with E-state index < -0.39 is 0 Å². The predicted octanol–water partition coefficient (Wildman–Crippen LogP) is 1.59. The Bertz CT molecular complexity index is 544. The molecule has 4 heteroatoms. The summed E-state index contributed by atoms with van der Waals surface area (Å²) in [5.41, 5.74) is 3.84. The van der Waals surface area contributed by atoms with Crippen LogP contribution in [0.1, 0.15) is 40.9 Å². The first-order chi connectivity index (χ1) is 7.31. The molecule has 15 heavy (non-hydrogen) atoms. The average molecular weight is 201 g/mol. The van der Waals surface area contributed by atoms with Crippen LogP contribution in [0, 0.1) is 0 Å². The van der Waals surface area contributed by atoms with Crippen LogP contribution in [0.15, 0.2) is 12.4 Å². The smallest absolute Gasteiger partial charge is 0.171 e. The summed E-state index contributed by atoms with van der Waals surface area (Å²) in [7, 11) is 0. The fourth-order valence-electron chi connectivity index (χ4n) is 2.37. The maximum absolute atomic E-state index is 10.9. The van der Waals surface area contributed by atoms with Crippen molar-refractivity contribution in [1.29, 1.82) is 0 Å². The standard InChI is InChI=1S/C11H11N3O/c1-7-2-3-10-9(7)4-8(5-15)11-13-12-6-14(10)11/h4-7H,2-3H2,1H3/t7-/m0/s1. The molecule has 2 aromatic heterocycles. The Hall–Kier alpha value is -1.71.